The van der Waals surface area contributed by atoms with Crippen molar-refractivity contribution in [2.24, 2.45) is 0 Å². The van der Waals surface area contributed by atoms with E-state index >= 15 is 0 Å². The molecule has 2 fully saturated rings. The number of ether oxygens (including phenoxy) is 3. The number of hydrogen-bond donors (Lipinski definition) is 0. The predicted molar refractivity (Wildman–Crippen MR) is 73.1 cm³/mol. The van der Waals surface area contributed by atoms with Gasteiger partial charge in [-0.1, -0.05) is 24.6 Å². The number of benzene rings is 1. The first-order valence-electron chi connectivity index (χ1n) is 7.23. The van der Waals surface area contributed by atoms with Crippen LogP contribution in [0.15, 0.2) is 30.3 Å². The average molecular weight is 276 g/mol. The second kappa shape index (κ2) is 5.19. The Morgan fingerprint density at radius 3 is 2.55 bits per heavy atom. The van der Waals surface area contributed by atoms with Crippen LogP contribution in [0.3, 0.4) is 0 Å². The van der Waals surface area contributed by atoms with Crippen molar-refractivity contribution in [2.75, 3.05) is 6.61 Å². The van der Waals surface area contributed by atoms with E-state index in [1.54, 1.807) is 19.1 Å². The standard InChI is InChI=1S/C16H20O4/c1-15(19-14(17)13-8-4-2-5-9-13)12-18-16(20-15)10-6-3-7-11-16/h2,4-5,8-9H,3,6-7,10-12H2,1H3. The summed E-state index contributed by atoms with van der Waals surface area (Å²) in [5.41, 5.74) is 0.530. The van der Waals surface area contributed by atoms with Gasteiger partial charge >= 0.3 is 5.97 Å². The molecule has 2 aliphatic rings. The van der Waals surface area contributed by atoms with E-state index in [0.29, 0.717) is 12.2 Å². The van der Waals surface area contributed by atoms with Gasteiger partial charge in [-0.2, -0.15) is 0 Å². The Bertz CT molecular complexity index is 479. The normalized spacial score (nSPS) is 28.4. The Hall–Kier alpha value is -1.39. The highest BCUT2D eigenvalue weighted by molar-refractivity contribution is 5.89. The fraction of sp³-hybridized carbons (Fsp3) is 0.562. The van der Waals surface area contributed by atoms with Gasteiger partial charge in [-0.25, -0.2) is 4.79 Å². The molecule has 0 radical (unpaired) electrons. The molecule has 0 N–H and O–H groups in total. The highest BCUT2D eigenvalue weighted by Crippen LogP contribution is 2.42. The Morgan fingerprint density at radius 1 is 1.15 bits per heavy atom. The maximum absolute atomic E-state index is 12.1. The van der Waals surface area contributed by atoms with Crippen molar-refractivity contribution < 1.29 is 19.0 Å². The summed E-state index contributed by atoms with van der Waals surface area (Å²) in [5.74, 6) is -1.89. The van der Waals surface area contributed by atoms with Crippen LogP contribution in [0.1, 0.15) is 49.4 Å². The summed E-state index contributed by atoms with van der Waals surface area (Å²) in [5, 5.41) is 0. The second-order valence-electron chi connectivity index (χ2n) is 5.75. The molecule has 1 aromatic rings. The largest absolute Gasteiger partial charge is 0.427 e. The number of esters is 1. The zero-order chi connectivity index (χ0) is 14.1. The van der Waals surface area contributed by atoms with Crippen LogP contribution < -0.4 is 0 Å². The van der Waals surface area contributed by atoms with Gasteiger partial charge in [0.2, 0.25) is 5.79 Å². The molecule has 1 heterocycles. The Kier molecular flexibility index (Phi) is 3.52. The predicted octanol–water partition coefficient (Wildman–Crippen LogP) is 3.27. The number of carbonyl (C=O) groups excluding carboxylic acids is 1. The smallest absolute Gasteiger partial charge is 0.340 e. The van der Waals surface area contributed by atoms with Crippen molar-refractivity contribution in [3.05, 3.63) is 35.9 Å². The molecule has 4 heteroatoms. The number of hydrogen-bond acceptors (Lipinski definition) is 4. The van der Waals surface area contributed by atoms with E-state index in [1.807, 2.05) is 18.2 Å². The number of rotatable bonds is 2. The summed E-state index contributed by atoms with van der Waals surface area (Å²) in [4.78, 5) is 12.1. The molecule has 3 rings (SSSR count). The van der Waals surface area contributed by atoms with Gasteiger partial charge in [0.05, 0.1) is 5.56 Å². The van der Waals surface area contributed by atoms with Crippen molar-refractivity contribution in [3.63, 3.8) is 0 Å². The molecule has 1 spiro atoms. The van der Waals surface area contributed by atoms with Gasteiger partial charge in [0.15, 0.2) is 5.79 Å². The van der Waals surface area contributed by atoms with Gasteiger partial charge < -0.3 is 14.2 Å². The fourth-order valence-electron chi connectivity index (χ4n) is 2.93. The van der Waals surface area contributed by atoms with Crippen molar-refractivity contribution in [1.82, 2.24) is 0 Å². The lowest BCUT2D eigenvalue weighted by atomic mass is 9.94. The van der Waals surface area contributed by atoms with E-state index in [2.05, 4.69) is 0 Å². The van der Waals surface area contributed by atoms with Gasteiger partial charge in [0, 0.05) is 19.8 Å². The van der Waals surface area contributed by atoms with Crippen LogP contribution >= 0.6 is 0 Å². The number of carbonyl (C=O) groups is 1. The second-order valence-corrected chi connectivity index (χ2v) is 5.75. The first kappa shape index (κ1) is 13.6. The lowest BCUT2D eigenvalue weighted by Crippen LogP contribution is -2.39. The minimum Gasteiger partial charge on any atom is -0.427 e. The van der Waals surface area contributed by atoms with Crippen LogP contribution in [0.5, 0.6) is 0 Å². The van der Waals surface area contributed by atoms with E-state index in [4.69, 9.17) is 14.2 Å². The molecule has 0 bridgehead atoms. The molecule has 1 unspecified atom stereocenters. The lowest BCUT2D eigenvalue weighted by molar-refractivity contribution is -0.248. The lowest BCUT2D eigenvalue weighted by Gasteiger charge is -2.33. The van der Waals surface area contributed by atoms with Crippen molar-refractivity contribution in [2.45, 2.75) is 50.6 Å². The third-order valence-corrected chi connectivity index (χ3v) is 3.93. The monoisotopic (exact) mass is 276 g/mol. The topological polar surface area (TPSA) is 44.8 Å². The summed E-state index contributed by atoms with van der Waals surface area (Å²) in [6.07, 6.45) is 5.18. The van der Waals surface area contributed by atoms with Crippen LogP contribution in [-0.2, 0) is 14.2 Å². The highest BCUT2D eigenvalue weighted by atomic mass is 16.8. The van der Waals surface area contributed by atoms with Crippen LogP contribution in [0, 0.1) is 0 Å². The SMILES string of the molecule is CC1(OC(=O)c2ccccc2)COC2(CCCCC2)O1. The van der Waals surface area contributed by atoms with E-state index < -0.39 is 11.6 Å². The van der Waals surface area contributed by atoms with Crippen LogP contribution in [0.2, 0.25) is 0 Å². The van der Waals surface area contributed by atoms with Crippen molar-refractivity contribution >= 4 is 5.97 Å². The summed E-state index contributed by atoms with van der Waals surface area (Å²) < 4.78 is 17.4. The van der Waals surface area contributed by atoms with E-state index in [1.165, 1.54) is 6.42 Å². The minimum atomic E-state index is -0.982. The molecular weight excluding hydrogens is 256 g/mol. The average Bonchev–Trinajstić information content (AvgIpc) is 2.77. The quantitative estimate of drug-likeness (QED) is 0.778. The molecule has 108 valence electrons. The third kappa shape index (κ3) is 2.72. The molecule has 0 amide bonds. The molecule has 0 aromatic heterocycles. The Labute approximate surface area is 119 Å². The van der Waals surface area contributed by atoms with Crippen LogP contribution in [0.4, 0.5) is 0 Å². The Balaban J connectivity index is 1.67. The molecule has 1 aliphatic heterocycles. The van der Waals surface area contributed by atoms with Gasteiger partial charge in [0.25, 0.3) is 0 Å². The van der Waals surface area contributed by atoms with Gasteiger partial charge in [-0.3, -0.25) is 0 Å². The van der Waals surface area contributed by atoms with Gasteiger partial charge in [-0.05, 0) is 25.0 Å². The van der Waals surface area contributed by atoms with E-state index in [-0.39, 0.29) is 5.97 Å². The molecule has 4 nitrogen and oxygen atoms in total. The van der Waals surface area contributed by atoms with Gasteiger partial charge in [-0.15, -0.1) is 0 Å². The van der Waals surface area contributed by atoms with Crippen LogP contribution in [0.25, 0.3) is 0 Å². The molecule has 20 heavy (non-hydrogen) atoms. The summed E-state index contributed by atoms with van der Waals surface area (Å²) in [6.45, 7) is 2.07. The highest BCUT2D eigenvalue weighted by Gasteiger charge is 2.50. The fourth-order valence-corrected chi connectivity index (χ4v) is 2.93. The molecule has 1 atom stereocenters. The zero-order valence-corrected chi connectivity index (χ0v) is 11.8. The summed E-state index contributed by atoms with van der Waals surface area (Å²) >= 11 is 0. The summed E-state index contributed by atoms with van der Waals surface area (Å²) in [7, 11) is 0. The first-order valence-corrected chi connectivity index (χ1v) is 7.23. The van der Waals surface area contributed by atoms with Crippen molar-refractivity contribution in [3.8, 4) is 0 Å². The minimum absolute atomic E-state index is 0.297. The molecule has 1 aromatic carbocycles. The van der Waals surface area contributed by atoms with Gasteiger partial charge in [0.1, 0.15) is 6.61 Å². The van der Waals surface area contributed by atoms with Crippen molar-refractivity contribution in [1.29, 1.82) is 0 Å². The van der Waals surface area contributed by atoms with Crippen LogP contribution in [-0.4, -0.2) is 24.2 Å². The molecule has 1 aliphatic carbocycles. The van der Waals surface area contributed by atoms with E-state index in [0.717, 1.165) is 25.7 Å². The summed E-state index contributed by atoms with van der Waals surface area (Å²) in [6, 6.07) is 8.96. The molecule has 1 saturated carbocycles. The molecule has 1 saturated heterocycles. The third-order valence-electron chi connectivity index (χ3n) is 3.93. The molecular formula is C16H20O4. The maximum Gasteiger partial charge on any atom is 0.340 e. The Morgan fingerprint density at radius 2 is 1.85 bits per heavy atom. The van der Waals surface area contributed by atoms with E-state index in [9.17, 15) is 4.79 Å². The maximum atomic E-state index is 12.1. The zero-order valence-electron chi connectivity index (χ0n) is 11.8. The first-order chi connectivity index (χ1) is 9.61.